The molecule has 1 fully saturated rings. The molecule has 1 atom stereocenters. The van der Waals surface area contributed by atoms with Crippen molar-refractivity contribution in [1.29, 1.82) is 0 Å². The topological polar surface area (TPSA) is 75.4 Å². The molecule has 90 valence electrons. The van der Waals surface area contributed by atoms with Gasteiger partial charge in [-0.25, -0.2) is 9.18 Å². The van der Waals surface area contributed by atoms with Gasteiger partial charge in [0.1, 0.15) is 5.82 Å². The lowest BCUT2D eigenvalue weighted by Crippen LogP contribution is -2.40. The van der Waals surface area contributed by atoms with Crippen molar-refractivity contribution < 1.29 is 14.0 Å². The van der Waals surface area contributed by atoms with Gasteiger partial charge >= 0.3 is 6.03 Å². The average Bonchev–Trinajstić information content (AvgIpc) is 2.59. The summed E-state index contributed by atoms with van der Waals surface area (Å²) in [6.45, 7) is 0.355. The molecular weight excluding hydrogens is 225 g/mol. The van der Waals surface area contributed by atoms with Crippen LogP contribution in [0.5, 0.6) is 0 Å². The number of benzene rings is 1. The Morgan fingerprint density at radius 3 is 2.65 bits per heavy atom. The van der Waals surface area contributed by atoms with Crippen molar-refractivity contribution in [3.05, 3.63) is 30.1 Å². The van der Waals surface area contributed by atoms with Gasteiger partial charge in [-0.1, -0.05) is 0 Å². The minimum atomic E-state index is -0.649. The van der Waals surface area contributed by atoms with E-state index in [0.29, 0.717) is 12.2 Å². The van der Waals surface area contributed by atoms with Gasteiger partial charge in [0.05, 0.1) is 6.04 Å². The van der Waals surface area contributed by atoms with Gasteiger partial charge < -0.3 is 16.0 Å². The molecule has 1 aliphatic heterocycles. The van der Waals surface area contributed by atoms with Crippen LogP contribution >= 0.6 is 0 Å². The molecular formula is C11H12FN3O2. The minimum absolute atomic E-state index is 0.115. The summed E-state index contributed by atoms with van der Waals surface area (Å²) >= 11 is 0. The van der Waals surface area contributed by atoms with E-state index in [1.165, 1.54) is 29.2 Å². The summed E-state index contributed by atoms with van der Waals surface area (Å²) in [5.41, 5.74) is 5.61. The zero-order valence-corrected chi connectivity index (χ0v) is 9.02. The van der Waals surface area contributed by atoms with Crippen LogP contribution < -0.4 is 16.0 Å². The first-order valence-electron chi connectivity index (χ1n) is 5.18. The fourth-order valence-electron chi connectivity index (χ4n) is 1.88. The molecule has 1 aliphatic rings. The summed E-state index contributed by atoms with van der Waals surface area (Å²) in [7, 11) is 0. The van der Waals surface area contributed by atoms with E-state index in [1.54, 1.807) is 0 Å². The van der Waals surface area contributed by atoms with Gasteiger partial charge in [-0.2, -0.15) is 0 Å². The second-order valence-corrected chi connectivity index (χ2v) is 3.89. The van der Waals surface area contributed by atoms with Crippen molar-refractivity contribution in [1.82, 2.24) is 5.32 Å². The number of halogens is 1. The molecule has 1 aromatic carbocycles. The highest BCUT2D eigenvalue weighted by molar-refractivity contribution is 5.96. The molecule has 6 heteroatoms. The van der Waals surface area contributed by atoms with Crippen molar-refractivity contribution in [2.24, 2.45) is 5.73 Å². The van der Waals surface area contributed by atoms with Gasteiger partial charge in [0.25, 0.3) is 0 Å². The van der Waals surface area contributed by atoms with Gasteiger partial charge in [0, 0.05) is 18.7 Å². The summed E-state index contributed by atoms with van der Waals surface area (Å²) < 4.78 is 12.7. The Bertz CT molecular complexity index is 447. The number of primary amides is 1. The Labute approximate surface area is 97.4 Å². The monoisotopic (exact) mass is 237 g/mol. The fourth-order valence-corrected chi connectivity index (χ4v) is 1.88. The van der Waals surface area contributed by atoms with Crippen LogP contribution in [0.4, 0.5) is 14.9 Å². The Morgan fingerprint density at radius 1 is 1.41 bits per heavy atom. The largest absolute Gasteiger partial charge is 0.352 e. The van der Waals surface area contributed by atoms with E-state index in [4.69, 9.17) is 5.73 Å². The van der Waals surface area contributed by atoms with E-state index in [2.05, 4.69) is 5.32 Å². The molecule has 0 aliphatic carbocycles. The maximum Gasteiger partial charge on any atom is 0.312 e. The van der Waals surface area contributed by atoms with Crippen LogP contribution in [0, 0.1) is 5.82 Å². The molecule has 1 aromatic rings. The van der Waals surface area contributed by atoms with Gasteiger partial charge in [-0.3, -0.25) is 4.79 Å². The summed E-state index contributed by atoms with van der Waals surface area (Å²) in [5, 5.41) is 2.49. The molecule has 0 radical (unpaired) electrons. The first-order chi connectivity index (χ1) is 8.06. The van der Waals surface area contributed by atoms with Crippen molar-refractivity contribution in [2.75, 3.05) is 11.4 Å². The van der Waals surface area contributed by atoms with Gasteiger partial charge in [-0.15, -0.1) is 0 Å². The summed E-state index contributed by atoms with van der Waals surface area (Å²) in [6, 6.07) is 4.70. The molecule has 17 heavy (non-hydrogen) atoms. The van der Waals surface area contributed by atoms with Gasteiger partial charge in [-0.05, 0) is 24.3 Å². The number of carbonyl (C=O) groups is 2. The molecule has 2 rings (SSSR count). The molecule has 1 unspecified atom stereocenters. The average molecular weight is 237 g/mol. The zero-order chi connectivity index (χ0) is 12.4. The van der Waals surface area contributed by atoms with Crippen LogP contribution in [0.1, 0.15) is 6.42 Å². The normalized spacial score (nSPS) is 19.5. The number of rotatable bonds is 2. The summed E-state index contributed by atoms with van der Waals surface area (Å²) in [6.07, 6.45) is 0.209. The predicted octanol–water partition coefficient (Wildman–Crippen LogP) is 0.599. The van der Waals surface area contributed by atoms with E-state index in [9.17, 15) is 14.0 Å². The van der Waals surface area contributed by atoms with Crippen LogP contribution in [-0.2, 0) is 4.79 Å². The first kappa shape index (κ1) is 11.4. The quantitative estimate of drug-likeness (QED) is 0.790. The van der Waals surface area contributed by atoms with Crippen molar-refractivity contribution in [3.63, 3.8) is 0 Å². The lowest BCUT2D eigenvalue weighted by atomic mass is 10.2. The predicted molar refractivity (Wildman–Crippen MR) is 59.9 cm³/mol. The molecule has 5 nitrogen and oxygen atoms in total. The maximum atomic E-state index is 12.7. The molecule has 0 aromatic heterocycles. The van der Waals surface area contributed by atoms with E-state index < -0.39 is 6.03 Å². The van der Waals surface area contributed by atoms with Crippen LogP contribution in [0.25, 0.3) is 0 Å². The number of urea groups is 1. The number of hydrogen-bond donors (Lipinski definition) is 2. The molecule has 0 saturated carbocycles. The van der Waals surface area contributed by atoms with Gasteiger partial charge in [0.2, 0.25) is 5.91 Å². The third kappa shape index (κ3) is 2.52. The molecule has 3 amide bonds. The molecule has 0 bridgehead atoms. The highest BCUT2D eigenvalue weighted by Crippen LogP contribution is 2.21. The first-order valence-corrected chi connectivity index (χ1v) is 5.18. The van der Waals surface area contributed by atoms with E-state index in [-0.39, 0.29) is 24.2 Å². The van der Waals surface area contributed by atoms with E-state index >= 15 is 0 Å². The Kier molecular flexibility index (Phi) is 2.95. The lowest BCUT2D eigenvalue weighted by Gasteiger charge is -2.16. The fraction of sp³-hybridized carbons (Fsp3) is 0.273. The third-order valence-electron chi connectivity index (χ3n) is 2.61. The van der Waals surface area contributed by atoms with Crippen molar-refractivity contribution >= 4 is 17.6 Å². The Balaban J connectivity index is 2.10. The highest BCUT2D eigenvalue weighted by Gasteiger charge is 2.31. The van der Waals surface area contributed by atoms with Crippen molar-refractivity contribution in [2.45, 2.75) is 12.5 Å². The van der Waals surface area contributed by atoms with E-state index in [0.717, 1.165) is 0 Å². The highest BCUT2D eigenvalue weighted by atomic mass is 19.1. The van der Waals surface area contributed by atoms with Crippen LogP contribution in [-0.4, -0.2) is 24.5 Å². The molecule has 1 heterocycles. The minimum Gasteiger partial charge on any atom is -0.352 e. The molecule has 0 spiro atoms. The number of amides is 3. The van der Waals surface area contributed by atoms with Crippen LogP contribution in [0.15, 0.2) is 24.3 Å². The summed E-state index contributed by atoms with van der Waals surface area (Å²) in [5.74, 6) is -0.470. The zero-order valence-electron chi connectivity index (χ0n) is 9.02. The lowest BCUT2D eigenvalue weighted by molar-refractivity contribution is -0.117. The Hall–Kier alpha value is -2.11. The van der Waals surface area contributed by atoms with Gasteiger partial charge in [0.15, 0.2) is 0 Å². The standard InChI is InChI=1S/C11H12FN3O2/c12-7-1-3-9(4-2-7)15-6-8(5-10(15)16)14-11(13)17/h1-4,8H,5-6H2,(H3,13,14,17). The van der Waals surface area contributed by atoms with Crippen LogP contribution in [0.3, 0.4) is 0 Å². The van der Waals surface area contributed by atoms with E-state index in [1.807, 2.05) is 0 Å². The number of hydrogen-bond acceptors (Lipinski definition) is 2. The summed E-state index contributed by atoms with van der Waals surface area (Å²) in [4.78, 5) is 23.9. The SMILES string of the molecule is NC(=O)NC1CC(=O)N(c2ccc(F)cc2)C1. The number of nitrogens with one attached hydrogen (secondary N) is 1. The second-order valence-electron chi connectivity index (χ2n) is 3.89. The number of anilines is 1. The number of carbonyl (C=O) groups excluding carboxylic acids is 2. The van der Waals surface area contributed by atoms with Crippen molar-refractivity contribution in [3.8, 4) is 0 Å². The second kappa shape index (κ2) is 4.40. The smallest absolute Gasteiger partial charge is 0.312 e. The van der Waals surface area contributed by atoms with Crippen LogP contribution in [0.2, 0.25) is 0 Å². The number of nitrogens with two attached hydrogens (primary N) is 1. The molecule has 1 saturated heterocycles. The maximum absolute atomic E-state index is 12.7. The Morgan fingerprint density at radius 2 is 2.06 bits per heavy atom. The molecule has 3 N–H and O–H groups in total. The number of nitrogens with zero attached hydrogens (tertiary/aromatic N) is 1. The third-order valence-corrected chi connectivity index (χ3v) is 2.61.